The summed E-state index contributed by atoms with van der Waals surface area (Å²) in [7, 11) is -3.88. The number of fused-ring (bicyclic) bond motifs is 1. The number of rotatable bonds is 5. The monoisotopic (exact) mass is 437 g/mol. The highest BCUT2D eigenvalue weighted by Crippen LogP contribution is 2.39. The Bertz CT molecular complexity index is 1090. The summed E-state index contributed by atoms with van der Waals surface area (Å²) in [6, 6.07) is 6.69. The van der Waals surface area contributed by atoms with Gasteiger partial charge in [0.05, 0.1) is 4.90 Å². The van der Waals surface area contributed by atoms with Crippen molar-refractivity contribution in [3.63, 3.8) is 0 Å². The van der Waals surface area contributed by atoms with Gasteiger partial charge in [-0.05, 0) is 18.2 Å². The summed E-state index contributed by atoms with van der Waals surface area (Å²) in [5.74, 6) is -3.59. The maximum Gasteiger partial charge on any atom is 0.290 e. The van der Waals surface area contributed by atoms with Crippen LogP contribution in [-0.2, 0) is 15.8 Å². The summed E-state index contributed by atoms with van der Waals surface area (Å²) in [6.45, 7) is 0. The largest absolute Gasteiger partial charge is 0.305 e. The third-order valence-electron chi connectivity index (χ3n) is 4.06. The van der Waals surface area contributed by atoms with Crippen LogP contribution in [0.2, 0.25) is 10.2 Å². The lowest BCUT2D eigenvalue weighted by Gasteiger charge is -2.33. The molecule has 1 unspecified atom stereocenters. The van der Waals surface area contributed by atoms with E-state index >= 15 is 4.39 Å². The van der Waals surface area contributed by atoms with Gasteiger partial charge in [0.25, 0.3) is 12.2 Å². The van der Waals surface area contributed by atoms with Gasteiger partial charge < -0.3 is 4.40 Å². The number of sulfonamides is 1. The van der Waals surface area contributed by atoms with Crippen molar-refractivity contribution in [3.8, 4) is 0 Å². The molecule has 0 radical (unpaired) electrons. The Hall–Kier alpha value is -1.81. The van der Waals surface area contributed by atoms with Crippen LogP contribution in [0.1, 0.15) is 5.56 Å². The quantitative estimate of drug-likeness (QED) is 0.557. The molecule has 5 nitrogen and oxygen atoms in total. The predicted octanol–water partition coefficient (Wildman–Crippen LogP) is 4.35. The molecule has 0 N–H and O–H groups in total. The fraction of sp³-hybridized carbons (Fsp3) is 0.188. The van der Waals surface area contributed by atoms with Crippen molar-refractivity contribution in [1.29, 1.82) is 0 Å². The molecule has 0 aliphatic rings. The molecule has 144 valence electrons. The zero-order valence-electron chi connectivity index (χ0n) is 13.7. The van der Waals surface area contributed by atoms with E-state index in [9.17, 15) is 17.2 Å². The first kappa shape index (κ1) is 19.9. The van der Waals surface area contributed by atoms with E-state index in [4.69, 9.17) is 23.2 Å². The Morgan fingerprint density at radius 3 is 2.41 bits per heavy atom. The van der Waals surface area contributed by atoms with E-state index in [1.54, 1.807) is 0 Å². The maximum absolute atomic E-state index is 15.4. The van der Waals surface area contributed by atoms with Crippen LogP contribution < -0.4 is 0 Å². The highest BCUT2D eigenvalue weighted by molar-refractivity contribution is 7.89. The van der Waals surface area contributed by atoms with Crippen LogP contribution in [0.25, 0.3) is 5.65 Å². The van der Waals surface area contributed by atoms with Gasteiger partial charge in [-0.15, -0.1) is 0 Å². The Balaban J connectivity index is 2.10. The molecule has 3 aromatic rings. The van der Waals surface area contributed by atoms with Crippen molar-refractivity contribution in [1.82, 2.24) is 13.7 Å². The number of benzene rings is 1. The number of aromatic nitrogens is 2. The van der Waals surface area contributed by atoms with E-state index in [2.05, 4.69) is 4.98 Å². The van der Waals surface area contributed by atoms with Crippen LogP contribution in [0.3, 0.4) is 0 Å². The van der Waals surface area contributed by atoms with Crippen LogP contribution in [-0.4, -0.2) is 35.6 Å². The van der Waals surface area contributed by atoms with Gasteiger partial charge in [0, 0.05) is 36.1 Å². The molecule has 27 heavy (non-hydrogen) atoms. The molecule has 2 heterocycles. The molecule has 1 atom stereocenters. The number of imidazole rings is 1. The lowest BCUT2D eigenvalue weighted by Crippen LogP contribution is -2.48. The van der Waals surface area contributed by atoms with E-state index in [-0.39, 0.29) is 20.1 Å². The zero-order chi connectivity index (χ0) is 20.0. The van der Waals surface area contributed by atoms with Gasteiger partial charge in [-0.25, -0.2) is 26.6 Å². The van der Waals surface area contributed by atoms with Crippen molar-refractivity contribution in [2.75, 3.05) is 7.05 Å². The minimum atomic E-state index is -4.63. The second kappa shape index (κ2) is 6.97. The Morgan fingerprint density at radius 1 is 1.19 bits per heavy atom. The van der Waals surface area contributed by atoms with Crippen LogP contribution >= 0.6 is 23.2 Å². The highest BCUT2D eigenvalue weighted by atomic mass is 35.5. The zero-order valence-corrected chi connectivity index (χ0v) is 16.0. The second-order valence-corrected chi connectivity index (χ2v) is 8.44. The molecule has 0 spiro atoms. The molecule has 0 saturated carbocycles. The third-order valence-corrected chi connectivity index (χ3v) is 6.33. The smallest absolute Gasteiger partial charge is 0.290 e. The Labute approximate surface area is 163 Å². The van der Waals surface area contributed by atoms with Crippen molar-refractivity contribution >= 4 is 38.9 Å². The van der Waals surface area contributed by atoms with Crippen molar-refractivity contribution in [2.24, 2.45) is 0 Å². The fourth-order valence-corrected chi connectivity index (χ4v) is 4.21. The fourth-order valence-electron chi connectivity index (χ4n) is 2.55. The molecule has 0 aliphatic heterocycles. The molecule has 0 aliphatic carbocycles. The van der Waals surface area contributed by atoms with Gasteiger partial charge in [0.2, 0.25) is 10.0 Å². The molecule has 3 rings (SSSR count). The van der Waals surface area contributed by atoms with Gasteiger partial charge in [0.1, 0.15) is 10.8 Å². The first-order valence-electron chi connectivity index (χ1n) is 7.43. The normalized spacial score (nSPS) is 14.8. The number of hydrogen-bond acceptors (Lipinski definition) is 3. The molecule has 0 saturated heterocycles. The molecular formula is C16H12Cl2F3N3O2S. The number of nitrogens with zero attached hydrogens (tertiary/aromatic N) is 3. The molecule has 0 fully saturated rings. The number of hydrogen-bond donors (Lipinski definition) is 0. The van der Waals surface area contributed by atoms with Crippen LogP contribution in [0.4, 0.5) is 13.2 Å². The van der Waals surface area contributed by atoms with Crippen LogP contribution in [0.5, 0.6) is 0 Å². The highest BCUT2D eigenvalue weighted by Gasteiger charge is 2.51. The van der Waals surface area contributed by atoms with E-state index in [0.29, 0.717) is 0 Å². The Morgan fingerprint density at radius 2 is 1.81 bits per heavy atom. The summed E-state index contributed by atoms with van der Waals surface area (Å²) in [6.07, 6.45) is -0.883. The molecular weight excluding hydrogens is 426 g/mol. The van der Waals surface area contributed by atoms with E-state index < -0.39 is 32.7 Å². The lowest BCUT2D eigenvalue weighted by molar-refractivity contribution is -0.104. The summed E-state index contributed by atoms with van der Waals surface area (Å²) < 4.78 is 69.8. The number of pyridine rings is 1. The van der Waals surface area contributed by atoms with Crippen LogP contribution in [0.15, 0.2) is 53.7 Å². The van der Waals surface area contributed by atoms with E-state index in [1.807, 2.05) is 0 Å². The van der Waals surface area contributed by atoms with Gasteiger partial charge in [-0.3, -0.25) is 0 Å². The predicted molar refractivity (Wildman–Crippen MR) is 95.4 cm³/mol. The molecule has 2 aromatic heterocycles. The van der Waals surface area contributed by atoms with Crippen molar-refractivity contribution < 1.29 is 21.6 Å². The minimum absolute atomic E-state index is 0.00425. The molecule has 0 amide bonds. The van der Waals surface area contributed by atoms with Gasteiger partial charge in [-0.2, -0.15) is 4.31 Å². The first-order valence-corrected chi connectivity index (χ1v) is 9.63. The molecule has 11 heteroatoms. The van der Waals surface area contributed by atoms with E-state index in [1.165, 1.54) is 28.9 Å². The molecule has 0 bridgehead atoms. The summed E-state index contributed by atoms with van der Waals surface area (Å²) in [5, 5.41) is 0.314. The van der Waals surface area contributed by atoms with E-state index in [0.717, 1.165) is 31.3 Å². The van der Waals surface area contributed by atoms with Gasteiger partial charge in [0.15, 0.2) is 0 Å². The lowest BCUT2D eigenvalue weighted by atomic mass is 10.1. The minimum Gasteiger partial charge on any atom is -0.305 e. The SMILES string of the molecule is CN(C(F)(c1ccc(Cl)cc1)C(F)F)S(=O)(=O)c1ccn2cc(Cl)nc2c1. The molecule has 1 aromatic carbocycles. The average Bonchev–Trinajstić information content (AvgIpc) is 2.99. The first-order chi connectivity index (χ1) is 12.6. The standard InChI is InChI=1S/C16H12Cl2F3N3O2S/c1-23(16(21,15(19)20)10-2-4-11(17)5-3-10)27(25,26)12-6-7-24-9-13(18)22-14(24)8-12/h2-9,15H,1H3. The summed E-state index contributed by atoms with van der Waals surface area (Å²) >= 11 is 11.5. The van der Waals surface area contributed by atoms with Crippen molar-refractivity contribution in [3.05, 3.63) is 64.5 Å². The second-order valence-electron chi connectivity index (χ2n) is 5.65. The average molecular weight is 438 g/mol. The summed E-state index contributed by atoms with van der Waals surface area (Å²) in [5.41, 5.74) is -0.375. The maximum atomic E-state index is 15.4. The number of alkyl halides is 3. The number of halogens is 5. The topological polar surface area (TPSA) is 54.7 Å². The van der Waals surface area contributed by atoms with Gasteiger partial charge in [-0.1, -0.05) is 35.3 Å². The van der Waals surface area contributed by atoms with Crippen LogP contribution in [0, 0.1) is 0 Å². The van der Waals surface area contributed by atoms with Gasteiger partial charge >= 0.3 is 0 Å². The Kier molecular flexibility index (Phi) is 5.15. The summed E-state index contributed by atoms with van der Waals surface area (Å²) in [4.78, 5) is 3.49. The third kappa shape index (κ3) is 3.40. The van der Waals surface area contributed by atoms with Crippen molar-refractivity contribution in [2.45, 2.75) is 17.1 Å².